The summed E-state index contributed by atoms with van der Waals surface area (Å²) in [7, 11) is 2.03. The summed E-state index contributed by atoms with van der Waals surface area (Å²) in [5, 5.41) is 7.67. The average Bonchev–Trinajstić information content (AvgIpc) is 2.68. The maximum absolute atomic E-state index is 4.26. The maximum atomic E-state index is 4.26. The van der Waals surface area contributed by atoms with Crippen LogP contribution in [0.25, 0.3) is 0 Å². The van der Waals surface area contributed by atoms with Crippen molar-refractivity contribution in [2.24, 2.45) is 5.92 Å². The molecule has 0 saturated heterocycles. The fourth-order valence-electron chi connectivity index (χ4n) is 2.12. The molecule has 1 aromatic rings. The van der Waals surface area contributed by atoms with E-state index in [9.17, 15) is 0 Å². The van der Waals surface area contributed by atoms with Crippen molar-refractivity contribution in [3.63, 3.8) is 0 Å². The summed E-state index contributed by atoms with van der Waals surface area (Å²) in [6.45, 7) is 8.89. The van der Waals surface area contributed by atoms with Crippen molar-refractivity contribution in [2.75, 3.05) is 7.05 Å². The van der Waals surface area contributed by atoms with Crippen LogP contribution in [0.3, 0.4) is 0 Å². The topological polar surface area (TPSA) is 37.8 Å². The van der Waals surface area contributed by atoms with Crippen LogP contribution in [-0.2, 0) is 0 Å². The third-order valence-corrected chi connectivity index (χ3v) is 3.82. The first kappa shape index (κ1) is 13.6. The Morgan fingerprint density at radius 3 is 2.50 bits per heavy atom. The molecule has 0 aliphatic carbocycles. The molecule has 16 heavy (non-hydrogen) atoms. The Morgan fingerprint density at radius 2 is 2.00 bits per heavy atom. The van der Waals surface area contributed by atoms with Gasteiger partial charge < -0.3 is 5.32 Å². The Balaban J connectivity index is 2.90. The van der Waals surface area contributed by atoms with E-state index in [0.717, 1.165) is 5.69 Å². The molecule has 1 heterocycles. The summed E-state index contributed by atoms with van der Waals surface area (Å²) in [5.74, 6) is 1.09. The Labute approximate surface area is 103 Å². The fraction of sp³-hybridized carbons (Fsp3) is 0.833. The minimum atomic E-state index is 0.400. The molecule has 0 aromatic carbocycles. The largest absolute Gasteiger partial charge is 0.312 e. The highest BCUT2D eigenvalue weighted by Crippen LogP contribution is 2.32. The highest BCUT2D eigenvalue weighted by Gasteiger charge is 2.24. The summed E-state index contributed by atoms with van der Waals surface area (Å²) in [5.41, 5.74) is 1.16. The smallest absolute Gasteiger partial charge is 0.0829 e. The van der Waals surface area contributed by atoms with Gasteiger partial charge >= 0.3 is 0 Å². The van der Waals surface area contributed by atoms with Crippen LogP contribution in [0.1, 0.15) is 63.1 Å². The van der Waals surface area contributed by atoms with Gasteiger partial charge in [-0.1, -0.05) is 38.6 Å². The van der Waals surface area contributed by atoms with Crippen LogP contribution in [0.2, 0.25) is 0 Å². The third kappa shape index (κ3) is 3.01. The highest BCUT2D eigenvalue weighted by molar-refractivity contribution is 7.05. The van der Waals surface area contributed by atoms with E-state index in [1.165, 1.54) is 17.7 Å². The van der Waals surface area contributed by atoms with Gasteiger partial charge in [0.25, 0.3) is 0 Å². The van der Waals surface area contributed by atoms with Gasteiger partial charge in [-0.3, -0.25) is 0 Å². The predicted molar refractivity (Wildman–Crippen MR) is 69.9 cm³/mol. The summed E-state index contributed by atoms with van der Waals surface area (Å²) >= 11 is 1.54. The van der Waals surface area contributed by atoms with Crippen LogP contribution in [0.5, 0.6) is 0 Å². The molecule has 0 spiro atoms. The molecule has 1 rings (SSSR count). The maximum Gasteiger partial charge on any atom is 0.0829 e. The second kappa shape index (κ2) is 6.30. The molecule has 0 aliphatic rings. The van der Waals surface area contributed by atoms with E-state index in [4.69, 9.17) is 0 Å². The lowest BCUT2D eigenvalue weighted by Crippen LogP contribution is -2.23. The highest BCUT2D eigenvalue weighted by atomic mass is 32.1. The summed E-state index contributed by atoms with van der Waals surface area (Å²) < 4.78 is 4.11. The molecule has 1 N–H and O–H groups in total. The Hall–Kier alpha value is -0.480. The molecular formula is C12H23N3S. The predicted octanol–water partition coefficient (Wildman–Crippen LogP) is 3.36. The van der Waals surface area contributed by atoms with E-state index in [2.05, 4.69) is 42.6 Å². The fourth-order valence-corrected chi connectivity index (χ4v) is 3.17. The molecule has 2 unspecified atom stereocenters. The van der Waals surface area contributed by atoms with E-state index in [1.54, 1.807) is 11.5 Å². The lowest BCUT2D eigenvalue weighted by atomic mass is 9.93. The number of hydrogen-bond acceptors (Lipinski definition) is 4. The first-order valence-electron chi connectivity index (χ1n) is 6.11. The van der Waals surface area contributed by atoms with Crippen molar-refractivity contribution in [1.29, 1.82) is 0 Å². The molecule has 0 aliphatic heterocycles. The van der Waals surface area contributed by atoms with Crippen molar-refractivity contribution in [2.45, 2.75) is 52.5 Å². The lowest BCUT2D eigenvalue weighted by Gasteiger charge is -2.23. The van der Waals surface area contributed by atoms with Gasteiger partial charge in [0, 0.05) is 6.04 Å². The minimum absolute atomic E-state index is 0.400. The van der Waals surface area contributed by atoms with E-state index in [1.807, 2.05) is 7.05 Å². The monoisotopic (exact) mass is 241 g/mol. The van der Waals surface area contributed by atoms with E-state index >= 15 is 0 Å². The molecule has 1 aromatic heterocycles. The lowest BCUT2D eigenvalue weighted by molar-refractivity contribution is 0.385. The molecule has 3 nitrogen and oxygen atoms in total. The van der Waals surface area contributed by atoms with E-state index in [0.29, 0.717) is 17.9 Å². The van der Waals surface area contributed by atoms with Gasteiger partial charge in [0.2, 0.25) is 0 Å². The first-order valence-corrected chi connectivity index (χ1v) is 6.88. The normalized spacial score (nSPS) is 15.4. The first-order chi connectivity index (χ1) is 7.61. The number of nitrogens with zero attached hydrogens (tertiary/aromatic N) is 2. The third-order valence-electron chi connectivity index (χ3n) is 2.99. The van der Waals surface area contributed by atoms with E-state index < -0.39 is 0 Å². The van der Waals surface area contributed by atoms with Gasteiger partial charge in [0.05, 0.1) is 10.6 Å². The SMILES string of the molecule is CCCC(C)C(NC)c1snnc1C(C)C. The quantitative estimate of drug-likeness (QED) is 0.830. The minimum Gasteiger partial charge on any atom is -0.312 e. The molecule has 2 atom stereocenters. The zero-order valence-corrected chi connectivity index (χ0v) is 11.8. The van der Waals surface area contributed by atoms with Crippen molar-refractivity contribution in [3.8, 4) is 0 Å². The Bertz CT molecular complexity index is 309. The van der Waals surface area contributed by atoms with Gasteiger partial charge in [-0.25, -0.2) is 0 Å². The van der Waals surface area contributed by atoms with Crippen LogP contribution in [0.15, 0.2) is 0 Å². The van der Waals surface area contributed by atoms with E-state index in [-0.39, 0.29) is 0 Å². The van der Waals surface area contributed by atoms with Gasteiger partial charge in [0.15, 0.2) is 0 Å². The van der Waals surface area contributed by atoms with Crippen LogP contribution < -0.4 is 5.32 Å². The second-order valence-corrected chi connectivity index (χ2v) is 5.50. The van der Waals surface area contributed by atoms with Gasteiger partial charge in [-0.15, -0.1) is 5.10 Å². The molecule has 0 amide bonds. The number of hydrogen-bond donors (Lipinski definition) is 1. The number of nitrogens with one attached hydrogen (secondary N) is 1. The molecule has 0 fully saturated rings. The Morgan fingerprint density at radius 1 is 1.31 bits per heavy atom. The zero-order valence-electron chi connectivity index (χ0n) is 10.9. The second-order valence-electron chi connectivity index (χ2n) is 4.71. The summed E-state index contributed by atoms with van der Waals surface area (Å²) in [4.78, 5) is 1.32. The average molecular weight is 241 g/mol. The Kier molecular flexibility index (Phi) is 5.35. The summed E-state index contributed by atoms with van der Waals surface area (Å²) in [6.07, 6.45) is 2.46. The summed E-state index contributed by atoms with van der Waals surface area (Å²) in [6, 6.07) is 0.400. The van der Waals surface area contributed by atoms with Gasteiger partial charge in [0.1, 0.15) is 0 Å². The van der Waals surface area contributed by atoms with Crippen LogP contribution in [0, 0.1) is 5.92 Å². The number of rotatable bonds is 6. The molecule has 0 bridgehead atoms. The van der Waals surface area contributed by atoms with Crippen molar-refractivity contribution in [1.82, 2.24) is 14.9 Å². The van der Waals surface area contributed by atoms with Crippen molar-refractivity contribution in [3.05, 3.63) is 10.6 Å². The molecule has 0 saturated carbocycles. The molecule has 92 valence electrons. The van der Waals surface area contributed by atoms with Crippen molar-refractivity contribution < 1.29 is 0 Å². The van der Waals surface area contributed by atoms with Crippen LogP contribution in [0.4, 0.5) is 0 Å². The van der Waals surface area contributed by atoms with Crippen LogP contribution >= 0.6 is 11.5 Å². The van der Waals surface area contributed by atoms with Gasteiger partial charge in [-0.05, 0) is 36.8 Å². The van der Waals surface area contributed by atoms with Gasteiger partial charge in [-0.2, -0.15) is 0 Å². The molecular weight excluding hydrogens is 218 g/mol. The molecule has 0 radical (unpaired) electrons. The van der Waals surface area contributed by atoms with Crippen LogP contribution in [-0.4, -0.2) is 16.6 Å². The van der Waals surface area contributed by atoms with Crippen molar-refractivity contribution >= 4 is 11.5 Å². The number of aromatic nitrogens is 2. The molecule has 4 heteroatoms. The zero-order chi connectivity index (χ0) is 12.1. The standard InChI is InChI=1S/C12H23N3S/c1-6-7-9(4)11(13-5)12-10(8(2)3)14-15-16-12/h8-9,11,13H,6-7H2,1-5H3.